The van der Waals surface area contributed by atoms with E-state index in [1.807, 2.05) is 30.3 Å². The molecule has 0 fully saturated rings. The standard InChI is InChI=1S/C14H9BrFN3O/c15-12-9-4-2-1-3-8(9)5-6-11(12)20-13-10(16)7-18-14(17)19-13/h1-7H,(H2,17,18,19). The average molecular weight is 334 g/mol. The molecule has 0 spiro atoms. The van der Waals surface area contributed by atoms with E-state index in [0.717, 1.165) is 21.4 Å². The highest BCUT2D eigenvalue weighted by Crippen LogP contribution is 2.35. The van der Waals surface area contributed by atoms with Gasteiger partial charge in [0, 0.05) is 0 Å². The number of ether oxygens (including phenoxy) is 1. The van der Waals surface area contributed by atoms with Gasteiger partial charge in [0.1, 0.15) is 5.75 Å². The second-order valence-electron chi connectivity index (χ2n) is 4.08. The van der Waals surface area contributed by atoms with Crippen LogP contribution in [-0.2, 0) is 0 Å². The van der Waals surface area contributed by atoms with Crippen molar-refractivity contribution in [1.29, 1.82) is 0 Å². The van der Waals surface area contributed by atoms with E-state index in [-0.39, 0.29) is 11.8 Å². The normalized spacial score (nSPS) is 10.7. The van der Waals surface area contributed by atoms with Crippen LogP contribution >= 0.6 is 15.9 Å². The van der Waals surface area contributed by atoms with Crippen LogP contribution in [0.2, 0.25) is 0 Å². The summed E-state index contributed by atoms with van der Waals surface area (Å²) in [7, 11) is 0. The van der Waals surface area contributed by atoms with Gasteiger partial charge in [0.2, 0.25) is 11.8 Å². The Balaban J connectivity index is 2.07. The first-order valence-corrected chi connectivity index (χ1v) is 6.57. The smallest absolute Gasteiger partial charge is 0.260 e. The lowest BCUT2D eigenvalue weighted by atomic mass is 10.1. The van der Waals surface area contributed by atoms with Gasteiger partial charge in [-0.1, -0.05) is 30.3 Å². The number of fused-ring (bicyclic) bond motifs is 1. The van der Waals surface area contributed by atoms with Gasteiger partial charge in [0.05, 0.1) is 10.7 Å². The number of nitrogens with two attached hydrogens (primary N) is 1. The van der Waals surface area contributed by atoms with Gasteiger partial charge in [-0.3, -0.25) is 0 Å². The molecule has 4 nitrogen and oxygen atoms in total. The van der Waals surface area contributed by atoms with Crippen LogP contribution in [0.25, 0.3) is 10.8 Å². The van der Waals surface area contributed by atoms with E-state index < -0.39 is 5.82 Å². The summed E-state index contributed by atoms with van der Waals surface area (Å²) in [6, 6.07) is 11.4. The molecule has 0 saturated carbocycles. The van der Waals surface area contributed by atoms with Gasteiger partial charge in [0.25, 0.3) is 5.88 Å². The Morgan fingerprint density at radius 2 is 1.95 bits per heavy atom. The van der Waals surface area contributed by atoms with Gasteiger partial charge in [-0.25, -0.2) is 4.98 Å². The maximum Gasteiger partial charge on any atom is 0.260 e. The molecule has 0 amide bonds. The molecule has 2 aromatic carbocycles. The van der Waals surface area contributed by atoms with Crippen molar-refractivity contribution >= 4 is 32.7 Å². The molecule has 100 valence electrons. The molecule has 0 radical (unpaired) electrons. The van der Waals surface area contributed by atoms with Crippen molar-refractivity contribution in [3.05, 3.63) is 52.9 Å². The third-order valence-electron chi connectivity index (χ3n) is 2.77. The maximum atomic E-state index is 13.6. The summed E-state index contributed by atoms with van der Waals surface area (Å²) >= 11 is 3.46. The van der Waals surface area contributed by atoms with Crippen molar-refractivity contribution in [2.45, 2.75) is 0 Å². The van der Waals surface area contributed by atoms with Gasteiger partial charge in [-0.2, -0.15) is 9.37 Å². The number of nitrogen functional groups attached to an aromatic ring is 1. The van der Waals surface area contributed by atoms with Crippen molar-refractivity contribution in [1.82, 2.24) is 9.97 Å². The molecule has 1 aromatic heterocycles. The number of hydrogen-bond donors (Lipinski definition) is 1. The topological polar surface area (TPSA) is 61.0 Å². The molecule has 0 aliphatic rings. The molecule has 0 atom stereocenters. The zero-order valence-electron chi connectivity index (χ0n) is 10.2. The molecule has 20 heavy (non-hydrogen) atoms. The van der Waals surface area contributed by atoms with E-state index in [0.29, 0.717) is 5.75 Å². The van der Waals surface area contributed by atoms with Gasteiger partial charge >= 0.3 is 0 Å². The fraction of sp³-hybridized carbons (Fsp3) is 0. The molecule has 0 unspecified atom stereocenters. The fourth-order valence-corrected chi connectivity index (χ4v) is 2.41. The summed E-state index contributed by atoms with van der Waals surface area (Å²) < 4.78 is 19.8. The highest BCUT2D eigenvalue weighted by molar-refractivity contribution is 9.10. The van der Waals surface area contributed by atoms with Crippen LogP contribution in [0.3, 0.4) is 0 Å². The maximum absolute atomic E-state index is 13.6. The number of halogens is 2. The second-order valence-corrected chi connectivity index (χ2v) is 4.88. The molecule has 0 aliphatic carbocycles. The third kappa shape index (κ3) is 2.30. The van der Waals surface area contributed by atoms with Crippen molar-refractivity contribution in [2.24, 2.45) is 0 Å². The molecular formula is C14H9BrFN3O. The molecule has 1 heterocycles. The number of hydrogen-bond acceptors (Lipinski definition) is 4. The minimum atomic E-state index is -0.667. The Morgan fingerprint density at radius 1 is 1.15 bits per heavy atom. The number of rotatable bonds is 2. The first kappa shape index (κ1) is 12.8. The van der Waals surface area contributed by atoms with Crippen LogP contribution in [0.4, 0.5) is 10.3 Å². The van der Waals surface area contributed by atoms with E-state index >= 15 is 0 Å². The first-order valence-electron chi connectivity index (χ1n) is 5.78. The molecule has 0 saturated heterocycles. The lowest BCUT2D eigenvalue weighted by Crippen LogP contribution is -1.99. The van der Waals surface area contributed by atoms with Crippen LogP contribution in [0.15, 0.2) is 47.1 Å². The van der Waals surface area contributed by atoms with Crippen molar-refractivity contribution in [3.8, 4) is 11.6 Å². The van der Waals surface area contributed by atoms with E-state index in [1.165, 1.54) is 0 Å². The molecule has 3 aromatic rings. The van der Waals surface area contributed by atoms with Crippen LogP contribution < -0.4 is 10.5 Å². The molecular weight excluding hydrogens is 325 g/mol. The Morgan fingerprint density at radius 3 is 2.80 bits per heavy atom. The summed E-state index contributed by atoms with van der Waals surface area (Å²) in [4.78, 5) is 7.29. The molecule has 2 N–H and O–H groups in total. The Labute approximate surface area is 122 Å². The van der Waals surface area contributed by atoms with Crippen LogP contribution in [0.5, 0.6) is 11.6 Å². The summed E-state index contributed by atoms with van der Waals surface area (Å²) in [6.07, 6.45) is 0.979. The Hall–Kier alpha value is -2.21. The van der Waals surface area contributed by atoms with Gasteiger partial charge in [-0.15, -0.1) is 0 Å². The third-order valence-corrected chi connectivity index (χ3v) is 3.58. The monoisotopic (exact) mass is 333 g/mol. The quantitative estimate of drug-likeness (QED) is 0.772. The molecule has 0 aliphatic heterocycles. The SMILES string of the molecule is Nc1ncc(F)c(Oc2ccc3ccccc3c2Br)n1. The summed E-state index contributed by atoms with van der Waals surface area (Å²) in [5.74, 6) is -0.452. The fourth-order valence-electron chi connectivity index (χ4n) is 1.83. The van der Waals surface area contributed by atoms with Crippen LogP contribution in [0, 0.1) is 5.82 Å². The Kier molecular flexibility index (Phi) is 3.23. The van der Waals surface area contributed by atoms with Gasteiger partial charge in [-0.05, 0) is 32.8 Å². The van der Waals surface area contributed by atoms with Crippen LogP contribution in [-0.4, -0.2) is 9.97 Å². The predicted molar refractivity (Wildman–Crippen MR) is 78.1 cm³/mol. The predicted octanol–water partition coefficient (Wildman–Crippen LogP) is 3.91. The summed E-state index contributed by atoms with van der Waals surface area (Å²) in [5, 5.41) is 2.02. The number of aromatic nitrogens is 2. The van der Waals surface area contributed by atoms with E-state index in [4.69, 9.17) is 10.5 Å². The average Bonchev–Trinajstić information content (AvgIpc) is 2.46. The first-order chi connectivity index (χ1) is 9.65. The zero-order valence-corrected chi connectivity index (χ0v) is 11.8. The second kappa shape index (κ2) is 5.05. The Bertz CT molecular complexity index is 794. The van der Waals surface area contributed by atoms with Crippen molar-refractivity contribution < 1.29 is 9.13 Å². The van der Waals surface area contributed by atoms with Gasteiger partial charge < -0.3 is 10.5 Å². The number of anilines is 1. The minimum Gasteiger partial charge on any atom is -0.435 e. The van der Waals surface area contributed by atoms with Crippen molar-refractivity contribution in [3.63, 3.8) is 0 Å². The molecule has 3 rings (SSSR count). The largest absolute Gasteiger partial charge is 0.435 e. The minimum absolute atomic E-state index is 0.0432. The van der Waals surface area contributed by atoms with Crippen molar-refractivity contribution in [2.75, 3.05) is 5.73 Å². The lowest BCUT2D eigenvalue weighted by molar-refractivity contribution is 0.419. The van der Waals surface area contributed by atoms with E-state index in [2.05, 4.69) is 25.9 Å². The van der Waals surface area contributed by atoms with Crippen LogP contribution in [0.1, 0.15) is 0 Å². The highest BCUT2D eigenvalue weighted by atomic mass is 79.9. The lowest BCUT2D eigenvalue weighted by Gasteiger charge is -2.09. The number of benzene rings is 2. The van der Waals surface area contributed by atoms with Gasteiger partial charge in [0.15, 0.2) is 0 Å². The zero-order chi connectivity index (χ0) is 14.1. The molecule has 6 heteroatoms. The summed E-state index contributed by atoms with van der Waals surface area (Å²) in [6.45, 7) is 0. The number of nitrogens with zero attached hydrogens (tertiary/aromatic N) is 2. The highest BCUT2D eigenvalue weighted by Gasteiger charge is 2.12. The molecule has 0 bridgehead atoms. The summed E-state index contributed by atoms with van der Waals surface area (Å²) in [5.41, 5.74) is 5.43. The van der Waals surface area contributed by atoms with E-state index in [9.17, 15) is 4.39 Å². The van der Waals surface area contributed by atoms with E-state index in [1.54, 1.807) is 6.07 Å².